The second kappa shape index (κ2) is 4.11. The minimum Gasteiger partial charge on any atom is -0.181 e. The summed E-state index contributed by atoms with van der Waals surface area (Å²) in [6.07, 6.45) is 2.55. The van der Waals surface area contributed by atoms with Gasteiger partial charge in [-0.2, -0.15) is 10.2 Å². The Bertz CT molecular complexity index is 715. The van der Waals surface area contributed by atoms with Crippen molar-refractivity contribution in [3.05, 3.63) is 71.8 Å². The highest BCUT2D eigenvalue weighted by Gasteiger charge is 2.79. The van der Waals surface area contributed by atoms with E-state index >= 15 is 0 Å². The lowest BCUT2D eigenvalue weighted by molar-refractivity contribution is 0.0843. The summed E-state index contributed by atoms with van der Waals surface area (Å²) in [5.74, 6) is 1.25. The molecule has 2 nitrogen and oxygen atoms in total. The summed E-state index contributed by atoms with van der Waals surface area (Å²) in [7, 11) is 0. The van der Waals surface area contributed by atoms with Gasteiger partial charge in [-0.3, -0.25) is 0 Å². The van der Waals surface area contributed by atoms with Crippen molar-refractivity contribution in [1.29, 1.82) is 0 Å². The van der Waals surface area contributed by atoms with Crippen LogP contribution in [0, 0.1) is 17.3 Å². The Balaban J connectivity index is 1.78. The number of fused-ring (bicyclic) bond motifs is 5. The summed E-state index contributed by atoms with van der Waals surface area (Å²) >= 11 is 0. The first-order chi connectivity index (χ1) is 11.1. The van der Waals surface area contributed by atoms with Crippen molar-refractivity contribution in [3.8, 4) is 0 Å². The van der Waals surface area contributed by atoms with Crippen molar-refractivity contribution in [2.24, 2.45) is 27.5 Å². The number of hydrogen-bond donors (Lipinski definition) is 0. The van der Waals surface area contributed by atoms with Crippen LogP contribution in [-0.4, -0.2) is 0 Å². The van der Waals surface area contributed by atoms with Crippen molar-refractivity contribution in [1.82, 2.24) is 0 Å². The van der Waals surface area contributed by atoms with E-state index in [2.05, 4.69) is 74.5 Å². The number of rotatable bonds is 2. The fraction of sp³-hybridized carbons (Fsp3) is 0.429. The average Bonchev–Trinajstić information content (AvgIpc) is 2.84. The number of nitrogens with zero attached hydrogens (tertiary/aromatic N) is 2. The summed E-state index contributed by atoms with van der Waals surface area (Å²) in [6, 6.07) is 21.8. The van der Waals surface area contributed by atoms with Gasteiger partial charge < -0.3 is 0 Å². The van der Waals surface area contributed by atoms with Crippen molar-refractivity contribution >= 4 is 0 Å². The summed E-state index contributed by atoms with van der Waals surface area (Å²) in [5.41, 5.74) is 2.37. The first kappa shape index (κ1) is 13.5. The Kier molecular flexibility index (Phi) is 2.41. The molecule has 5 rings (SSSR count). The summed E-state index contributed by atoms with van der Waals surface area (Å²) < 4.78 is 0. The lowest BCUT2D eigenvalue weighted by Crippen LogP contribution is -2.43. The van der Waals surface area contributed by atoms with Crippen molar-refractivity contribution in [3.63, 3.8) is 0 Å². The van der Waals surface area contributed by atoms with E-state index in [1.165, 1.54) is 24.0 Å². The molecule has 0 unspecified atom stereocenters. The molecule has 0 amide bonds. The minimum absolute atomic E-state index is 0.00542. The molecule has 0 radical (unpaired) electrons. The summed E-state index contributed by atoms with van der Waals surface area (Å²) in [4.78, 5) is 0. The van der Waals surface area contributed by atoms with Crippen LogP contribution in [0.15, 0.2) is 70.9 Å². The Morgan fingerprint density at radius 1 is 0.696 bits per heavy atom. The molecule has 2 fully saturated rings. The van der Waals surface area contributed by atoms with Gasteiger partial charge in [-0.1, -0.05) is 74.5 Å². The zero-order valence-electron chi connectivity index (χ0n) is 13.7. The minimum atomic E-state index is -0.160. The lowest BCUT2D eigenvalue weighted by Gasteiger charge is -2.45. The molecule has 0 aromatic heterocycles. The largest absolute Gasteiger partial charge is 0.181 e. The van der Waals surface area contributed by atoms with E-state index in [0.29, 0.717) is 11.8 Å². The normalized spacial score (nSPS) is 39.0. The molecule has 1 aliphatic heterocycles. The molecule has 2 heteroatoms. The second-order valence-corrected chi connectivity index (χ2v) is 7.88. The van der Waals surface area contributed by atoms with Crippen LogP contribution < -0.4 is 0 Å². The Hall–Kier alpha value is -1.96. The smallest absolute Gasteiger partial charge is 0.117 e. The van der Waals surface area contributed by atoms with Gasteiger partial charge >= 0.3 is 0 Å². The predicted octanol–water partition coefficient (Wildman–Crippen LogP) is 5.31. The van der Waals surface area contributed by atoms with E-state index in [-0.39, 0.29) is 16.5 Å². The fourth-order valence-electron chi connectivity index (χ4n) is 5.92. The zero-order chi connectivity index (χ0) is 15.7. The van der Waals surface area contributed by atoms with Crippen molar-refractivity contribution in [2.75, 3.05) is 0 Å². The van der Waals surface area contributed by atoms with E-state index in [0.717, 1.165) is 0 Å². The molecule has 0 N–H and O–H groups in total. The van der Waals surface area contributed by atoms with Gasteiger partial charge in [0.05, 0.1) is 0 Å². The van der Waals surface area contributed by atoms with Gasteiger partial charge in [0.25, 0.3) is 0 Å². The van der Waals surface area contributed by atoms with Crippen LogP contribution in [0.25, 0.3) is 0 Å². The number of benzene rings is 2. The molecule has 3 aliphatic rings. The second-order valence-electron chi connectivity index (χ2n) is 7.88. The molecule has 116 valence electrons. The molecule has 4 atom stereocenters. The van der Waals surface area contributed by atoms with Gasteiger partial charge in [0.2, 0.25) is 0 Å². The van der Waals surface area contributed by atoms with Crippen LogP contribution in [0.3, 0.4) is 0 Å². The third kappa shape index (κ3) is 1.26. The quantitative estimate of drug-likeness (QED) is 0.718. The van der Waals surface area contributed by atoms with Crippen LogP contribution in [0.2, 0.25) is 0 Å². The summed E-state index contributed by atoms with van der Waals surface area (Å²) in [5, 5.41) is 10.0. The molecule has 23 heavy (non-hydrogen) atoms. The SMILES string of the molecule is CC1(C)[C@@]2(c3ccccc3)N=N[C@@]1(c1ccccc1)[C@@H]1CC[C@H]12. The van der Waals surface area contributed by atoms with Crippen molar-refractivity contribution < 1.29 is 0 Å². The molecular formula is C21H22N2. The van der Waals surface area contributed by atoms with Gasteiger partial charge in [0.15, 0.2) is 0 Å². The van der Waals surface area contributed by atoms with Crippen LogP contribution in [0.1, 0.15) is 37.8 Å². The van der Waals surface area contributed by atoms with E-state index < -0.39 is 0 Å². The third-order valence-electron chi connectivity index (χ3n) is 7.05. The van der Waals surface area contributed by atoms with Crippen LogP contribution in [-0.2, 0) is 11.1 Å². The maximum atomic E-state index is 5.01. The Labute approximate surface area is 137 Å². The third-order valence-corrected chi connectivity index (χ3v) is 7.05. The van der Waals surface area contributed by atoms with E-state index in [9.17, 15) is 0 Å². The van der Waals surface area contributed by atoms with Gasteiger partial charge in [0.1, 0.15) is 11.1 Å². The highest BCUT2D eigenvalue weighted by molar-refractivity contribution is 5.45. The molecule has 2 aliphatic carbocycles. The molecule has 0 spiro atoms. The summed E-state index contributed by atoms with van der Waals surface area (Å²) in [6.45, 7) is 4.79. The first-order valence-corrected chi connectivity index (χ1v) is 8.70. The molecule has 2 aromatic rings. The molecule has 2 saturated carbocycles. The molecule has 0 saturated heterocycles. The topological polar surface area (TPSA) is 24.7 Å². The number of hydrogen-bond acceptors (Lipinski definition) is 2. The van der Waals surface area contributed by atoms with Crippen molar-refractivity contribution in [2.45, 2.75) is 37.8 Å². The Morgan fingerprint density at radius 2 is 1.09 bits per heavy atom. The highest BCUT2D eigenvalue weighted by atomic mass is 15.3. The van der Waals surface area contributed by atoms with Gasteiger partial charge in [-0.15, -0.1) is 0 Å². The van der Waals surface area contributed by atoms with Gasteiger partial charge in [0, 0.05) is 5.41 Å². The van der Waals surface area contributed by atoms with E-state index in [1.54, 1.807) is 0 Å². The maximum Gasteiger partial charge on any atom is 0.117 e. The van der Waals surface area contributed by atoms with E-state index in [4.69, 9.17) is 10.2 Å². The Morgan fingerprint density at radius 3 is 1.43 bits per heavy atom. The predicted molar refractivity (Wildman–Crippen MR) is 91.1 cm³/mol. The standard InChI is InChI=1S/C21H22N2/c1-19(2)20(15-9-5-3-6-10-15)17-13-14-18(17)21(19,23-22-20)16-11-7-4-8-12-16/h3-12,17-18H,13-14H2,1-2H3/t17-,18-,20+,21+/m1/s1. The zero-order valence-corrected chi connectivity index (χ0v) is 13.7. The van der Waals surface area contributed by atoms with E-state index in [1.807, 2.05) is 0 Å². The molecular weight excluding hydrogens is 280 g/mol. The van der Waals surface area contributed by atoms with Crippen LogP contribution in [0.5, 0.6) is 0 Å². The van der Waals surface area contributed by atoms with Gasteiger partial charge in [-0.05, 0) is 35.8 Å². The average molecular weight is 302 g/mol. The molecule has 2 aromatic carbocycles. The first-order valence-electron chi connectivity index (χ1n) is 8.70. The monoisotopic (exact) mass is 302 g/mol. The lowest BCUT2D eigenvalue weighted by atomic mass is 9.62. The highest BCUT2D eigenvalue weighted by Crippen LogP contribution is 2.78. The van der Waals surface area contributed by atoms with Crippen LogP contribution >= 0.6 is 0 Å². The number of azo groups is 1. The maximum absolute atomic E-state index is 5.01. The molecule has 1 heterocycles. The molecule has 2 bridgehead atoms. The fourth-order valence-corrected chi connectivity index (χ4v) is 5.92. The van der Waals surface area contributed by atoms with Gasteiger partial charge in [-0.25, -0.2) is 0 Å². The van der Waals surface area contributed by atoms with Crippen LogP contribution in [0.4, 0.5) is 0 Å².